The number of para-hydroxylation sites is 1. The number of rotatable bonds is 7. The van der Waals surface area contributed by atoms with Crippen molar-refractivity contribution in [1.82, 2.24) is 4.31 Å². The molecule has 0 unspecified atom stereocenters. The van der Waals surface area contributed by atoms with Crippen LogP contribution in [0.3, 0.4) is 0 Å². The van der Waals surface area contributed by atoms with Crippen molar-refractivity contribution in [3.8, 4) is 0 Å². The van der Waals surface area contributed by atoms with Crippen LogP contribution in [0.25, 0.3) is 0 Å². The predicted molar refractivity (Wildman–Crippen MR) is 80.2 cm³/mol. The second kappa shape index (κ2) is 6.91. The lowest BCUT2D eigenvalue weighted by Crippen LogP contribution is -2.33. The van der Waals surface area contributed by atoms with E-state index in [9.17, 15) is 8.42 Å². The molecule has 0 bridgehead atoms. The van der Waals surface area contributed by atoms with Gasteiger partial charge in [-0.3, -0.25) is 0 Å². The quantitative estimate of drug-likeness (QED) is 0.782. The van der Waals surface area contributed by atoms with Gasteiger partial charge in [-0.2, -0.15) is 4.31 Å². The van der Waals surface area contributed by atoms with Crippen molar-refractivity contribution < 1.29 is 8.42 Å². The van der Waals surface area contributed by atoms with Gasteiger partial charge in [-0.15, -0.1) is 0 Å². The van der Waals surface area contributed by atoms with E-state index in [1.54, 1.807) is 6.07 Å². The third kappa shape index (κ3) is 4.84. The Hall–Kier alpha value is -1.07. The molecule has 0 aromatic heterocycles. The lowest BCUT2D eigenvalue weighted by Gasteiger charge is -2.21. The van der Waals surface area contributed by atoms with E-state index < -0.39 is 10.0 Å². The van der Waals surface area contributed by atoms with Crippen molar-refractivity contribution in [1.29, 1.82) is 0 Å². The van der Waals surface area contributed by atoms with Gasteiger partial charge in [0.25, 0.3) is 0 Å². The highest BCUT2D eigenvalue weighted by molar-refractivity contribution is 7.89. The molecule has 0 fully saturated rings. The van der Waals surface area contributed by atoms with Crippen LogP contribution in [0.5, 0.6) is 0 Å². The molecule has 108 valence electrons. The average molecular weight is 284 g/mol. The van der Waals surface area contributed by atoms with Gasteiger partial charge in [0.05, 0.1) is 5.75 Å². The predicted octanol–water partition coefficient (Wildman–Crippen LogP) is 2.47. The van der Waals surface area contributed by atoms with Crippen LogP contribution >= 0.6 is 0 Å². The van der Waals surface area contributed by atoms with Crippen molar-refractivity contribution in [2.24, 2.45) is 5.92 Å². The zero-order chi connectivity index (χ0) is 14.5. The minimum Gasteiger partial charge on any atom is -0.398 e. The van der Waals surface area contributed by atoms with E-state index in [1.807, 2.05) is 39.0 Å². The van der Waals surface area contributed by atoms with Crippen LogP contribution in [0, 0.1) is 5.92 Å². The number of benzene rings is 1. The zero-order valence-electron chi connectivity index (χ0n) is 12.0. The second-order valence-electron chi connectivity index (χ2n) is 5.12. The van der Waals surface area contributed by atoms with E-state index >= 15 is 0 Å². The van der Waals surface area contributed by atoms with Crippen LogP contribution < -0.4 is 5.73 Å². The summed E-state index contributed by atoms with van der Waals surface area (Å²) in [4.78, 5) is 0. The molecule has 0 spiro atoms. The number of nitrogens with zero attached hydrogens (tertiary/aromatic N) is 1. The molecule has 5 heteroatoms. The smallest absolute Gasteiger partial charge is 0.214 e. The van der Waals surface area contributed by atoms with E-state index in [1.165, 1.54) is 4.31 Å². The second-order valence-corrected chi connectivity index (χ2v) is 7.21. The third-order valence-corrected chi connectivity index (χ3v) is 5.03. The number of hydrogen-bond acceptors (Lipinski definition) is 3. The first-order chi connectivity index (χ1) is 8.86. The Morgan fingerprint density at radius 2 is 1.89 bits per heavy atom. The largest absolute Gasteiger partial charge is 0.398 e. The fourth-order valence-electron chi connectivity index (χ4n) is 1.79. The third-order valence-electron chi connectivity index (χ3n) is 3.10. The van der Waals surface area contributed by atoms with Crippen molar-refractivity contribution in [2.45, 2.75) is 33.7 Å². The summed E-state index contributed by atoms with van der Waals surface area (Å²) in [6, 6.07) is 7.39. The summed E-state index contributed by atoms with van der Waals surface area (Å²) >= 11 is 0. The van der Waals surface area contributed by atoms with Crippen LogP contribution in [0.2, 0.25) is 0 Å². The maximum Gasteiger partial charge on any atom is 0.214 e. The molecule has 0 atom stereocenters. The summed E-state index contributed by atoms with van der Waals surface area (Å²) in [7, 11) is -3.20. The first-order valence-corrected chi connectivity index (χ1v) is 8.29. The van der Waals surface area contributed by atoms with Gasteiger partial charge in [0.1, 0.15) is 0 Å². The lowest BCUT2D eigenvalue weighted by atomic mass is 10.2. The first kappa shape index (κ1) is 16.0. The molecule has 2 N–H and O–H groups in total. The number of hydrogen-bond donors (Lipinski definition) is 1. The van der Waals surface area contributed by atoms with Crippen molar-refractivity contribution in [2.75, 3.05) is 18.0 Å². The molecule has 0 radical (unpaired) electrons. The Balaban J connectivity index is 2.81. The van der Waals surface area contributed by atoms with E-state index in [-0.39, 0.29) is 5.75 Å². The Kier molecular flexibility index (Phi) is 5.82. The lowest BCUT2D eigenvalue weighted by molar-refractivity contribution is 0.420. The fraction of sp³-hybridized carbons (Fsp3) is 0.571. The summed E-state index contributed by atoms with van der Waals surface area (Å²) in [6.07, 6.45) is 0.684. The number of sulfonamides is 1. The Labute approximate surface area is 116 Å². The highest BCUT2D eigenvalue weighted by atomic mass is 32.2. The molecule has 1 aromatic carbocycles. The van der Waals surface area contributed by atoms with Gasteiger partial charge >= 0.3 is 0 Å². The Bertz CT molecular complexity index is 498. The van der Waals surface area contributed by atoms with Gasteiger partial charge < -0.3 is 5.73 Å². The van der Waals surface area contributed by atoms with Gasteiger partial charge in [0.2, 0.25) is 10.0 Å². The maximum atomic E-state index is 12.3. The number of nitrogens with two attached hydrogens (primary N) is 1. The number of anilines is 1. The normalized spacial score (nSPS) is 12.3. The molecule has 0 saturated carbocycles. The van der Waals surface area contributed by atoms with Crippen molar-refractivity contribution >= 4 is 15.7 Å². The minimum absolute atomic E-state index is 0.200. The van der Waals surface area contributed by atoms with Crippen LogP contribution in [-0.2, 0) is 16.6 Å². The van der Waals surface area contributed by atoms with Gasteiger partial charge in [-0.1, -0.05) is 39.0 Å². The fourth-order valence-corrected chi connectivity index (χ4v) is 3.55. The number of nitrogen functional groups attached to an aromatic ring is 1. The molecular weight excluding hydrogens is 260 g/mol. The molecular formula is C14H24N2O2S. The standard InChI is InChI=1S/C14H24N2O2S/c1-4-16(19(17,18)10-9-12(2)3)11-13-7-5-6-8-14(13)15/h5-8,12H,4,9-11,15H2,1-3H3. The minimum atomic E-state index is -3.20. The van der Waals surface area contributed by atoms with Crippen LogP contribution in [-0.4, -0.2) is 25.0 Å². The molecule has 1 aromatic rings. The summed E-state index contributed by atoms with van der Waals surface area (Å²) < 4.78 is 26.0. The van der Waals surface area contributed by atoms with Gasteiger partial charge in [-0.25, -0.2) is 8.42 Å². The highest BCUT2D eigenvalue weighted by Crippen LogP contribution is 2.17. The summed E-state index contributed by atoms with van der Waals surface area (Å²) in [5, 5.41) is 0. The maximum absolute atomic E-state index is 12.3. The SMILES string of the molecule is CCN(Cc1ccccc1N)S(=O)(=O)CCC(C)C. The summed E-state index contributed by atoms with van der Waals surface area (Å²) in [5.41, 5.74) is 7.37. The van der Waals surface area contributed by atoms with Crippen molar-refractivity contribution in [3.05, 3.63) is 29.8 Å². The monoisotopic (exact) mass is 284 g/mol. The van der Waals surface area contributed by atoms with Gasteiger partial charge in [0, 0.05) is 18.8 Å². The van der Waals surface area contributed by atoms with E-state index in [0.29, 0.717) is 31.1 Å². The Morgan fingerprint density at radius 1 is 1.26 bits per heavy atom. The van der Waals surface area contributed by atoms with E-state index in [2.05, 4.69) is 0 Å². The van der Waals surface area contributed by atoms with Crippen LogP contribution in [0.4, 0.5) is 5.69 Å². The molecule has 0 amide bonds. The summed E-state index contributed by atoms with van der Waals surface area (Å²) in [5.74, 6) is 0.584. The van der Waals surface area contributed by atoms with Crippen LogP contribution in [0.1, 0.15) is 32.8 Å². The van der Waals surface area contributed by atoms with Gasteiger partial charge in [-0.05, 0) is 24.0 Å². The van der Waals surface area contributed by atoms with Crippen molar-refractivity contribution in [3.63, 3.8) is 0 Å². The van der Waals surface area contributed by atoms with Gasteiger partial charge in [0.15, 0.2) is 0 Å². The average Bonchev–Trinajstić information content (AvgIpc) is 2.35. The summed E-state index contributed by atoms with van der Waals surface area (Å²) in [6.45, 7) is 6.73. The zero-order valence-corrected chi connectivity index (χ0v) is 12.8. The van der Waals surface area contributed by atoms with E-state index in [0.717, 1.165) is 5.56 Å². The molecule has 0 aliphatic heterocycles. The first-order valence-electron chi connectivity index (χ1n) is 6.68. The molecule has 1 rings (SSSR count). The highest BCUT2D eigenvalue weighted by Gasteiger charge is 2.21. The van der Waals surface area contributed by atoms with Crippen LogP contribution in [0.15, 0.2) is 24.3 Å². The molecule has 0 saturated heterocycles. The molecule has 0 aliphatic carbocycles. The molecule has 0 aliphatic rings. The molecule has 4 nitrogen and oxygen atoms in total. The topological polar surface area (TPSA) is 63.4 Å². The Morgan fingerprint density at radius 3 is 2.42 bits per heavy atom. The van der Waals surface area contributed by atoms with E-state index in [4.69, 9.17) is 5.73 Å². The molecule has 19 heavy (non-hydrogen) atoms. The molecule has 0 heterocycles.